The van der Waals surface area contributed by atoms with E-state index in [4.69, 9.17) is 0 Å². The molecule has 21 heavy (non-hydrogen) atoms. The monoisotopic (exact) mass is 298 g/mol. The molecule has 2 aromatic heterocycles. The van der Waals surface area contributed by atoms with Crippen molar-refractivity contribution in [1.82, 2.24) is 9.38 Å². The van der Waals surface area contributed by atoms with E-state index in [1.165, 1.54) is 24.4 Å². The first-order valence-corrected chi connectivity index (χ1v) is 5.87. The fraction of sp³-hybridized carbons (Fsp3) is 0.0714. The summed E-state index contributed by atoms with van der Waals surface area (Å²) in [6, 6.07) is 6.67. The number of hydrogen-bond donors (Lipinski definition) is 0. The first-order chi connectivity index (χ1) is 9.88. The summed E-state index contributed by atoms with van der Waals surface area (Å²) < 4.78 is 67.3. The number of benzene rings is 1. The maximum absolute atomic E-state index is 13.8. The third-order valence-electron chi connectivity index (χ3n) is 2.98. The SMILES string of the molecule is Fc1ccc(-c2nc3ccccn3c2C(F)(F)F)c(F)c1. The van der Waals surface area contributed by atoms with Crippen LogP contribution < -0.4 is 0 Å². The number of alkyl halides is 3. The van der Waals surface area contributed by atoms with Crippen molar-refractivity contribution in [2.45, 2.75) is 6.18 Å². The Bertz CT molecular complexity index is 820. The van der Waals surface area contributed by atoms with Crippen molar-refractivity contribution >= 4 is 5.65 Å². The third kappa shape index (κ3) is 2.24. The second-order valence-electron chi connectivity index (χ2n) is 4.36. The van der Waals surface area contributed by atoms with E-state index in [1.54, 1.807) is 0 Å². The molecule has 0 spiro atoms. The van der Waals surface area contributed by atoms with Gasteiger partial charge in [-0.15, -0.1) is 0 Å². The van der Waals surface area contributed by atoms with Gasteiger partial charge >= 0.3 is 6.18 Å². The zero-order valence-electron chi connectivity index (χ0n) is 10.3. The highest BCUT2D eigenvalue weighted by Gasteiger charge is 2.39. The minimum Gasteiger partial charge on any atom is -0.295 e. The summed E-state index contributed by atoms with van der Waals surface area (Å²) in [6.07, 6.45) is -3.53. The molecule has 108 valence electrons. The van der Waals surface area contributed by atoms with E-state index in [1.807, 2.05) is 0 Å². The molecular weight excluding hydrogens is 291 g/mol. The van der Waals surface area contributed by atoms with Crippen LogP contribution in [0, 0.1) is 11.6 Å². The van der Waals surface area contributed by atoms with Crippen LogP contribution in [0.25, 0.3) is 16.9 Å². The Hall–Kier alpha value is -2.44. The Morgan fingerprint density at radius 1 is 1.00 bits per heavy atom. The zero-order valence-corrected chi connectivity index (χ0v) is 10.3. The van der Waals surface area contributed by atoms with Gasteiger partial charge in [-0.1, -0.05) is 6.07 Å². The Morgan fingerprint density at radius 2 is 1.76 bits per heavy atom. The van der Waals surface area contributed by atoms with Crippen LogP contribution in [0.5, 0.6) is 0 Å². The zero-order chi connectivity index (χ0) is 15.2. The highest BCUT2D eigenvalue weighted by Crippen LogP contribution is 2.38. The first kappa shape index (κ1) is 13.5. The molecule has 0 N–H and O–H groups in total. The number of halogens is 5. The van der Waals surface area contributed by atoms with E-state index in [0.717, 1.165) is 16.5 Å². The van der Waals surface area contributed by atoms with Gasteiger partial charge in [-0.05, 0) is 24.3 Å². The van der Waals surface area contributed by atoms with Gasteiger partial charge in [-0.25, -0.2) is 13.8 Å². The average molecular weight is 298 g/mol. The second kappa shape index (κ2) is 4.54. The topological polar surface area (TPSA) is 17.3 Å². The van der Waals surface area contributed by atoms with E-state index in [0.29, 0.717) is 6.07 Å². The van der Waals surface area contributed by atoms with Gasteiger partial charge in [0.05, 0.1) is 0 Å². The van der Waals surface area contributed by atoms with E-state index < -0.39 is 34.8 Å². The Labute approximate surface area is 115 Å². The van der Waals surface area contributed by atoms with Crippen LogP contribution in [0.2, 0.25) is 0 Å². The quantitative estimate of drug-likeness (QED) is 0.612. The summed E-state index contributed by atoms with van der Waals surface area (Å²) >= 11 is 0. The van der Waals surface area contributed by atoms with Crippen molar-refractivity contribution in [3.8, 4) is 11.3 Å². The van der Waals surface area contributed by atoms with Gasteiger partial charge in [0.25, 0.3) is 0 Å². The van der Waals surface area contributed by atoms with Crippen molar-refractivity contribution in [1.29, 1.82) is 0 Å². The molecule has 3 aromatic rings. The molecule has 0 radical (unpaired) electrons. The van der Waals surface area contributed by atoms with Gasteiger partial charge in [0.2, 0.25) is 0 Å². The van der Waals surface area contributed by atoms with Crippen LogP contribution in [0.4, 0.5) is 22.0 Å². The van der Waals surface area contributed by atoms with E-state index in [2.05, 4.69) is 4.98 Å². The Morgan fingerprint density at radius 3 is 2.43 bits per heavy atom. The predicted octanol–water partition coefficient (Wildman–Crippen LogP) is 4.30. The van der Waals surface area contributed by atoms with Crippen LogP contribution in [0.15, 0.2) is 42.6 Å². The summed E-state index contributed by atoms with van der Waals surface area (Å²) in [5.41, 5.74) is -2.02. The summed E-state index contributed by atoms with van der Waals surface area (Å²) in [5.74, 6) is -1.96. The highest BCUT2D eigenvalue weighted by molar-refractivity contribution is 5.67. The minimum absolute atomic E-state index is 0.0311. The molecule has 0 saturated heterocycles. The number of fused-ring (bicyclic) bond motifs is 1. The number of pyridine rings is 1. The van der Waals surface area contributed by atoms with Gasteiger partial charge in [0.15, 0.2) is 5.69 Å². The number of hydrogen-bond acceptors (Lipinski definition) is 1. The summed E-state index contributed by atoms with van der Waals surface area (Å²) in [4.78, 5) is 3.82. The second-order valence-corrected chi connectivity index (χ2v) is 4.36. The standard InChI is InChI=1S/C14H7F5N2/c15-8-4-5-9(10(16)7-8)12-13(14(17,18)19)21-6-2-1-3-11(21)20-12/h1-7H. The number of imidazole rings is 1. The third-order valence-corrected chi connectivity index (χ3v) is 2.98. The van der Waals surface area contributed by atoms with Crippen LogP contribution in [0.1, 0.15) is 5.69 Å². The van der Waals surface area contributed by atoms with Crippen molar-refractivity contribution in [3.05, 3.63) is 59.9 Å². The molecule has 7 heteroatoms. The highest BCUT2D eigenvalue weighted by atomic mass is 19.4. The molecule has 0 atom stereocenters. The fourth-order valence-electron chi connectivity index (χ4n) is 2.14. The Balaban J connectivity index is 2.37. The van der Waals surface area contributed by atoms with Crippen molar-refractivity contribution in [3.63, 3.8) is 0 Å². The molecule has 2 nitrogen and oxygen atoms in total. The lowest BCUT2D eigenvalue weighted by Crippen LogP contribution is -2.10. The molecule has 0 amide bonds. The van der Waals surface area contributed by atoms with Gasteiger partial charge in [0.1, 0.15) is 23.0 Å². The van der Waals surface area contributed by atoms with Gasteiger partial charge in [-0.2, -0.15) is 13.2 Å². The van der Waals surface area contributed by atoms with Crippen molar-refractivity contribution in [2.24, 2.45) is 0 Å². The van der Waals surface area contributed by atoms with Crippen LogP contribution in [-0.4, -0.2) is 9.38 Å². The number of rotatable bonds is 1. The Kier molecular flexibility index (Phi) is 2.93. The van der Waals surface area contributed by atoms with E-state index >= 15 is 0 Å². The van der Waals surface area contributed by atoms with Crippen LogP contribution in [-0.2, 0) is 6.18 Å². The van der Waals surface area contributed by atoms with E-state index in [-0.39, 0.29) is 5.65 Å². The van der Waals surface area contributed by atoms with Gasteiger partial charge in [0, 0.05) is 17.8 Å². The molecule has 2 heterocycles. The van der Waals surface area contributed by atoms with Crippen molar-refractivity contribution in [2.75, 3.05) is 0 Å². The van der Waals surface area contributed by atoms with Crippen molar-refractivity contribution < 1.29 is 22.0 Å². The molecule has 1 aromatic carbocycles. The largest absolute Gasteiger partial charge is 0.433 e. The lowest BCUT2D eigenvalue weighted by Gasteiger charge is -2.09. The van der Waals surface area contributed by atoms with E-state index in [9.17, 15) is 22.0 Å². The predicted molar refractivity (Wildman–Crippen MR) is 65.5 cm³/mol. The number of nitrogens with zero attached hydrogens (tertiary/aromatic N) is 2. The molecule has 0 bridgehead atoms. The lowest BCUT2D eigenvalue weighted by molar-refractivity contribution is -0.141. The minimum atomic E-state index is -4.73. The summed E-state index contributed by atoms with van der Waals surface area (Å²) in [6.45, 7) is 0. The van der Waals surface area contributed by atoms with Crippen LogP contribution in [0.3, 0.4) is 0 Å². The van der Waals surface area contributed by atoms with Crippen LogP contribution >= 0.6 is 0 Å². The molecule has 0 aliphatic rings. The molecule has 0 saturated carbocycles. The molecular formula is C14H7F5N2. The smallest absolute Gasteiger partial charge is 0.295 e. The maximum Gasteiger partial charge on any atom is 0.433 e. The molecule has 0 aliphatic heterocycles. The maximum atomic E-state index is 13.8. The first-order valence-electron chi connectivity index (χ1n) is 5.87. The van der Waals surface area contributed by atoms with Gasteiger partial charge in [-0.3, -0.25) is 4.40 Å². The molecule has 0 fully saturated rings. The molecule has 0 unspecified atom stereocenters. The summed E-state index contributed by atoms with van der Waals surface area (Å²) in [7, 11) is 0. The molecule has 3 rings (SSSR count). The summed E-state index contributed by atoms with van der Waals surface area (Å²) in [5, 5.41) is 0. The van der Waals surface area contributed by atoms with Gasteiger partial charge < -0.3 is 0 Å². The lowest BCUT2D eigenvalue weighted by atomic mass is 10.1. The number of aromatic nitrogens is 2. The molecule has 0 aliphatic carbocycles. The normalized spacial score (nSPS) is 12.0. The average Bonchev–Trinajstić information content (AvgIpc) is 2.77. The fourth-order valence-corrected chi connectivity index (χ4v) is 2.14.